The van der Waals surface area contributed by atoms with Crippen LogP contribution < -0.4 is 0 Å². The molecule has 11 heteroatoms. The third kappa shape index (κ3) is 3.02. The van der Waals surface area contributed by atoms with Gasteiger partial charge in [-0.15, -0.1) is 0 Å². The molecule has 1 aliphatic carbocycles. The van der Waals surface area contributed by atoms with Crippen LogP contribution in [0.4, 0.5) is 17.6 Å². The number of benzene rings is 1. The monoisotopic (exact) mass is 397 g/mol. The summed E-state index contributed by atoms with van der Waals surface area (Å²) in [5, 5.41) is 7.17. The van der Waals surface area contributed by atoms with Gasteiger partial charge in [-0.25, -0.2) is 22.4 Å². The zero-order chi connectivity index (χ0) is 20.1. The molecule has 146 valence electrons. The third-order valence-electron chi connectivity index (χ3n) is 4.34. The van der Waals surface area contributed by atoms with Crippen LogP contribution in [0.25, 0.3) is 23.0 Å². The molecule has 0 aliphatic heterocycles. The van der Waals surface area contributed by atoms with Crippen LogP contribution in [0.1, 0.15) is 28.1 Å². The molecule has 2 heterocycles. The average Bonchev–Trinajstić information content (AvgIpc) is 3.26. The quantitative estimate of drug-likeness (QED) is 0.493. The highest BCUT2D eigenvalue weighted by molar-refractivity contribution is 5.90. The Morgan fingerprint density at radius 2 is 1.89 bits per heavy atom. The van der Waals surface area contributed by atoms with E-state index in [4.69, 9.17) is 9.05 Å². The molecule has 2 aromatic heterocycles. The second-order valence-electron chi connectivity index (χ2n) is 6.20. The zero-order valence-electron chi connectivity index (χ0n) is 14.3. The number of halogens is 4. The SMILES string of the molecule is COC(=O)c1cc(F)c(-c2noc(-c3noc4c3CC(F)(F)CC4)n2)c(F)c1. The van der Waals surface area contributed by atoms with Crippen LogP contribution in [0.15, 0.2) is 21.2 Å². The number of ether oxygens (including phenoxy) is 1. The molecule has 0 saturated carbocycles. The van der Waals surface area contributed by atoms with Gasteiger partial charge in [-0.05, 0) is 12.1 Å². The Bertz CT molecular complexity index is 1050. The summed E-state index contributed by atoms with van der Waals surface area (Å²) < 4.78 is 70.4. The number of carbonyl (C=O) groups excluding carboxylic acids is 1. The Hall–Kier alpha value is -3.24. The van der Waals surface area contributed by atoms with Gasteiger partial charge < -0.3 is 13.8 Å². The maximum absolute atomic E-state index is 14.3. The normalized spacial score (nSPS) is 15.3. The molecule has 1 aliphatic rings. The van der Waals surface area contributed by atoms with Gasteiger partial charge in [0.15, 0.2) is 5.69 Å². The van der Waals surface area contributed by atoms with Crippen molar-refractivity contribution in [1.29, 1.82) is 0 Å². The van der Waals surface area contributed by atoms with Crippen LogP contribution in [-0.4, -0.2) is 34.3 Å². The lowest BCUT2D eigenvalue weighted by atomic mass is 9.93. The molecule has 4 rings (SSSR count). The maximum Gasteiger partial charge on any atom is 0.338 e. The highest BCUT2D eigenvalue weighted by Gasteiger charge is 2.39. The van der Waals surface area contributed by atoms with Gasteiger partial charge >= 0.3 is 5.97 Å². The van der Waals surface area contributed by atoms with Crippen LogP contribution in [0, 0.1) is 11.6 Å². The minimum atomic E-state index is -2.93. The Balaban J connectivity index is 1.72. The summed E-state index contributed by atoms with van der Waals surface area (Å²) in [4.78, 5) is 15.3. The predicted octanol–water partition coefficient (Wildman–Crippen LogP) is 3.58. The van der Waals surface area contributed by atoms with Crippen molar-refractivity contribution in [3.63, 3.8) is 0 Å². The van der Waals surface area contributed by atoms with Gasteiger partial charge in [0.2, 0.25) is 5.82 Å². The number of fused-ring (bicyclic) bond motifs is 1. The van der Waals surface area contributed by atoms with Crippen molar-refractivity contribution in [2.75, 3.05) is 7.11 Å². The Labute approximate surface area is 154 Å². The number of aromatic nitrogens is 3. The fraction of sp³-hybridized carbons (Fsp3) is 0.294. The fourth-order valence-electron chi connectivity index (χ4n) is 2.98. The van der Waals surface area contributed by atoms with Crippen LogP contribution in [0.2, 0.25) is 0 Å². The van der Waals surface area contributed by atoms with Gasteiger partial charge in [0.1, 0.15) is 17.4 Å². The molecule has 28 heavy (non-hydrogen) atoms. The lowest BCUT2D eigenvalue weighted by Gasteiger charge is -2.19. The van der Waals surface area contributed by atoms with Crippen molar-refractivity contribution in [2.24, 2.45) is 0 Å². The molecule has 0 unspecified atom stereocenters. The number of carbonyl (C=O) groups is 1. The highest BCUT2D eigenvalue weighted by atomic mass is 19.3. The molecule has 0 radical (unpaired) electrons. The van der Waals surface area contributed by atoms with Crippen LogP contribution in [0.3, 0.4) is 0 Å². The van der Waals surface area contributed by atoms with Gasteiger partial charge in [-0.2, -0.15) is 4.98 Å². The van der Waals surface area contributed by atoms with Gasteiger partial charge in [-0.3, -0.25) is 0 Å². The summed E-state index contributed by atoms with van der Waals surface area (Å²) in [6.07, 6.45) is -0.989. The minimum absolute atomic E-state index is 0.00538. The van der Waals surface area contributed by atoms with E-state index in [1.807, 2.05) is 0 Å². The van der Waals surface area contributed by atoms with Gasteiger partial charge in [0.05, 0.1) is 18.2 Å². The molecule has 7 nitrogen and oxygen atoms in total. The number of alkyl halides is 2. The number of methoxy groups -OCH3 is 1. The Morgan fingerprint density at radius 3 is 2.57 bits per heavy atom. The van der Waals surface area contributed by atoms with E-state index in [0.717, 1.165) is 19.2 Å². The second kappa shape index (κ2) is 6.43. The van der Waals surface area contributed by atoms with E-state index in [0.29, 0.717) is 0 Å². The molecular formula is C17H11F4N3O4. The van der Waals surface area contributed by atoms with E-state index in [9.17, 15) is 22.4 Å². The molecule has 0 N–H and O–H groups in total. The summed E-state index contributed by atoms with van der Waals surface area (Å²) in [6, 6.07) is 1.53. The number of aryl methyl sites for hydroxylation is 1. The number of hydrogen-bond acceptors (Lipinski definition) is 7. The standard InChI is InChI=1S/C17H11F4N3O4/c1-26-16(25)7-4-9(18)12(10(19)5-7)14-22-15(28-24-14)13-8-6-17(20,21)3-2-11(8)27-23-13/h4-5H,2-3,6H2,1H3. The van der Waals surface area contributed by atoms with Crippen molar-refractivity contribution >= 4 is 5.97 Å². The number of rotatable bonds is 3. The number of nitrogens with zero attached hydrogens (tertiary/aromatic N) is 3. The van der Waals surface area contributed by atoms with Crippen molar-refractivity contribution < 1.29 is 36.1 Å². The molecule has 3 aromatic rings. The van der Waals surface area contributed by atoms with Crippen molar-refractivity contribution in [1.82, 2.24) is 15.3 Å². The molecule has 0 spiro atoms. The summed E-state index contributed by atoms with van der Waals surface area (Å²) in [5.41, 5.74) is -0.961. The first-order valence-corrected chi connectivity index (χ1v) is 8.06. The first kappa shape index (κ1) is 18.1. The predicted molar refractivity (Wildman–Crippen MR) is 83.5 cm³/mol. The molecule has 0 amide bonds. The topological polar surface area (TPSA) is 91.2 Å². The summed E-state index contributed by atoms with van der Waals surface area (Å²) in [7, 11) is 1.07. The molecule has 0 bridgehead atoms. The fourth-order valence-corrected chi connectivity index (χ4v) is 2.98. The lowest BCUT2D eigenvalue weighted by Crippen LogP contribution is -2.25. The maximum atomic E-state index is 14.3. The number of esters is 1. The Morgan fingerprint density at radius 1 is 1.18 bits per heavy atom. The molecule has 1 aromatic carbocycles. The third-order valence-corrected chi connectivity index (χ3v) is 4.34. The Kier molecular flexibility index (Phi) is 4.16. The summed E-state index contributed by atoms with van der Waals surface area (Å²) in [6.45, 7) is 0. The van der Waals surface area contributed by atoms with E-state index >= 15 is 0 Å². The van der Waals surface area contributed by atoms with Gasteiger partial charge in [-0.1, -0.05) is 10.3 Å². The van der Waals surface area contributed by atoms with Crippen LogP contribution >= 0.6 is 0 Å². The largest absolute Gasteiger partial charge is 0.465 e. The molecule has 0 saturated heterocycles. The summed E-state index contributed by atoms with van der Waals surface area (Å²) >= 11 is 0. The molecule has 0 atom stereocenters. The second-order valence-corrected chi connectivity index (χ2v) is 6.20. The van der Waals surface area contributed by atoms with Gasteiger partial charge in [0, 0.05) is 24.8 Å². The van der Waals surface area contributed by atoms with Crippen LogP contribution in [-0.2, 0) is 17.6 Å². The first-order valence-electron chi connectivity index (χ1n) is 8.06. The van der Waals surface area contributed by atoms with E-state index in [1.165, 1.54) is 0 Å². The van der Waals surface area contributed by atoms with Gasteiger partial charge in [0.25, 0.3) is 11.8 Å². The minimum Gasteiger partial charge on any atom is -0.465 e. The lowest BCUT2D eigenvalue weighted by molar-refractivity contribution is -0.0145. The van der Waals surface area contributed by atoms with Crippen molar-refractivity contribution in [3.8, 4) is 23.0 Å². The number of hydrogen-bond donors (Lipinski definition) is 0. The molecule has 0 fully saturated rings. The summed E-state index contributed by atoms with van der Waals surface area (Å²) in [5.74, 6) is -6.61. The smallest absolute Gasteiger partial charge is 0.338 e. The van der Waals surface area contributed by atoms with E-state index in [-0.39, 0.29) is 41.3 Å². The van der Waals surface area contributed by atoms with E-state index in [2.05, 4.69) is 20.0 Å². The first-order chi connectivity index (χ1) is 13.3. The van der Waals surface area contributed by atoms with Crippen molar-refractivity contribution in [2.45, 2.75) is 25.2 Å². The average molecular weight is 397 g/mol. The highest BCUT2D eigenvalue weighted by Crippen LogP contribution is 2.38. The van der Waals surface area contributed by atoms with Crippen LogP contribution in [0.5, 0.6) is 0 Å². The van der Waals surface area contributed by atoms with E-state index < -0.39 is 41.3 Å². The zero-order valence-corrected chi connectivity index (χ0v) is 14.3. The molecular weight excluding hydrogens is 386 g/mol. The van der Waals surface area contributed by atoms with E-state index in [1.54, 1.807) is 0 Å². The van der Waals surface area contributed by atoms with Crippen molar-refractivity contribution in [3.05, 3.63) is 40.7 Å².